The standard InChI is InChI=1S/C26H28N4O2/c1-19-6-9-21(10-7-19)28-16-15-27(18-25(28)31)12-4-14-30-22-11-8-20(2)17-24(22)29-13-3-5-23(29)26(30)32/h3,5-11,13,17H,4,12,14-16,18H2,1-2H3. The molecule has 0 unspecified atom stereocenters. The van der Waals surface area contributed by atoms with Crippen LogP contribution in [0.4, 0.5) is 5.69 Å². The van der Waals surface area contributed by atoms with Crippen LogP contribution in [-0.4, -0.2) is 46.0 Å². The number of amides is 1. The van der Waals surface area contributed by atoms with E-state index in [1.165, 1.54) is 11.1 Å². The lowest BCUT2D eigenvalue weighted by Crippen LogP contribution is -2.50. The average Bonchev–Trinajstić information content (AvgIpc) is 3.28. The zero-order valence-corrected chi connectivity index (χ0v) is 18.6. The fraction of sp³-hybridized carbons (Fsp3) is 0.308. The maximum absolute atomic E-state index is 13.1. The highest BCUT2D eigenvalue weighted by atomic mass is 16.2. The molecule has 1 aliphatic heterocycles. The Morgan fingerprint density at radius 3 is 2.38 bits per heavy atom. The molecule has 0 bridgehead atoms. The first-order valence-electron chi connectivity index (χ1n) is 11.2. The van der Waals surface area contributed by atoms with Crippen LogP contribution in [0.1, 0.15) is 17.5 Å². The predicted molar refractivity (Wildman–Crippen MR) is 128 cm³/mol. The second-order valence-corrected chi connectivity index (χ2v) is 8.72. The molecule has 6 nitrogen and oxygen atoms in total. The van der Waals surface area contributed by atoms with E-state index in [0.29, 0.717) is 25.2 Å². The fourth-order valence-corrected chi connectivity index (χ4v) is 4.65. The fourth-order valence-electron chi connectivity index (χ4n) is 4.65. The number of aryl methyl sites for hydroxylation is 3. The summed E-state index contributed by atoms with van der Waals surface area (Å²) in [5.74, 6) is 0.132. The van der Waals surface area contributed by atoms with Crippen molar-refractivity contribution in [2.75, 3.05) is 31.1 Å². The van der Waals surface area contributed by atoms with Gasteiger partial charge in [0.2, 0.25) is 5.91 Å². The van der Waals surface area contributed by atoms with E-state index in [1.807, 2.05) is 69.5 Å². The third-order valence-electron chi connectivity index (χ3n) is 6.40. The summed E-state index contributed by atoms with van der Waals surface area (Å²) in [6, 6.07) is 18.1. The van der Waals surface area contributed by atoms with Crippen molar-refractivity contribution in [2.24, 2.45) is 0 Å². The number of carbonyl (C=O) groups is 1. The van der Waals surface area contributed by atoms with E-state index in [0.717, 1.165) is 36.2 Å². The quantitative estimate of drug-likeness (QED) is 0.488. The van der Waals surface area contributed by atoms with E-state index in [1.54, 1.807) is 0 Å². The molecule has 32 heavy (non-hydrogen) atoms. The van der Waals surface area contributed by atoms with E-state index < -0.39 is 0 Å². The molecule has 1 aliphatic rings. The van der Waals surface area contributed by atoms with Crippen LogP contribution >= 0.6 is 0 Å². The molecule has 4 aromatic rings. The van der Waals surface area contributed by atoms with E-state index in [2.05, 4.69) is 24.0 Å². The molecule has 0 spiro atoms. The van der Waals surface area contributed by atoms with Gasteiger partial charge in [-0.15, -0.1) is 0 Å². The minimum atomic E-state index is 0.0339. The Bertz CT molecular complexity index is 1350. The highest BCUT2D eigenvalue weighted by Gasteiger charge is 2.24. The first-order valence-corrected chi connectivity index (χ1v) is 11.2. The molecule has 6 heteroatoms. The number of benzene rings is 2. The summed E-state index contributed by atoms with van der Waals surface area (Å²) in [5.41, 5.74) is 6.06. The van der Waals surface area contributed by atoms with Crippen molar-refractivity contribution < 1.29 is 4.79 Å². The Kier molecular flexibility index (Phi) is 5.31. The van der Waals surface area contributed by atoms with Gasteiger partial charge in [-0.1, -0.05) is 23.8 Å². The number of nitrogens with zero attached hydrogens (tertiary/aromatic N) is 4. The molecule has 2 aromatic heterocycles. The van der Waals surface area contributed by atoms with E-state index >= 15 is 0 Å². The van der Waals surface area contributed by atoms with Crippen molar-refractivity contribution in [1.29, 1.82) is 0 Å². The van der Waals surface area contributed by atoms with Crippen LogP contribution in [0.2, 0.25) is 0 Å². The number of aromatic nitrogens is 2. The lowest BCUT2D eigenvalue weighted by Gasteiger charge is -2.34. The minimum absolute atomic E-state index is 0.0339. The Labute approximate surface area is 187 Å². The molecule has 0 aliphatic carbocycles. The van der Waals surface area contributed by atoms with E-state index in [9.17, 15) is 9.59 Å². The molecule has 1 fully saturated rings. The van der Waals surface area contributed by atoms with E-state index in [4.69, 9.17) is 0 Å². The third kappa shape index (κ3) is 3.71. The summed E-state index contributed by atoms with van der Waals surface area (Å²) < 4.78 is 3.86. The van der Waals surface area contributed by atoms with Gasteiger partial charge in [-0.2, -0.15) is 0 Å². The molecule has 1 saturated heterocycles. The van der Waals surface area contributed by atoms with Crippen molar-refractivity contribution in [2.45, 2.75) is 26.8 Å². The number of fused-ring (bicyclic) bond motifs is 3. The van der Waals surface area contributed by atoms with Gasteiger partial charge in [0.15, 0.2) is 0 Å². The maximum atomic E-state index is 13.1. The Hall–Kier alpha value is -3.38. The molecular formula is C26H28N4O2. The molecule has 2 aromatic carbocycles. The van der Waals surface area contributed by atoms with Crippen LogP contribution in [0.25, 0.3) is 16.6 Å². The highest BCUT2D eigenvalue weighted by Crippen LogP contribution is 2.19. The van der Waals surface area contributed by atoms with Gasteiger partial charge in [0, 0.05) is 38.1 Å². The Balaban J connectivity index is 1.29. The second-order valence-electron chi connectivity index (χ2n) is 8.72. The first-order chi connectivity index (χ1) is 15.5. The zero-order valence-electron chi connectivity index (χ0n) is 18.6. The molecule has 164 valence electrons. The van der Waals surface area contributed by atoms with Crippen LogP contribution < -0.4 is 10.5 Å². The van der Waals surface area contributed by atoms with Gasteiger partial charge in [-0.3, -0.25) is 14.5 Å². The van der Waals surface area contributed by atoms with Gasteiger partial charge in [-0.05, 0) is 62.2 Å². The molecule has 3 heterocycles. The van der Waals surface area contributed by atoms with Crippen molar-refractivity contribution >= 4 is 28.1 Å². The van der Waals surface area contributed by atoms with Crippen LogP contribution in [-0.2, 0) is 11.3 Å². The third-order valence-corrected chi connectivity index (χ3v) is 6.40. The van der Waals surface area contributed by atoms with Crippen LogP contribution in [0.15, 0.2) is 65.6 Å². The van der Waals surface area contributed by atoms with Gasteiger partial charge < -0.3 is 13.9 Å². The monoisotopic (exact) mass is 428 g/mol. The summed E-state index contributed by atoms with van der Waals surface area (Å²) >= 11 is 0. The molecule has 5 rings (SSSR count). The number of anilines is 1. The summed E-state index contributed by atoms with van der Waals surface area (Å²) in [4.78, 5) is 29.9. The lowest BCUT2D eigenvalue weighted by atomic mass is 10.2. The van der Waals surface area contributed by atoms with Gasteiger partial charge in [0.05, 0.1) is 17.6 Å². The number of carbonyl (C=O) groups excluding carboxylic acids is 1. The van der Waals surface area contributed by atoms with Gasteiger partial charge in [0.25, 0.3) is 5.56 Å². The highest BCUT2D eigenvalue weighted by molar-refractivity contribution is 5.95. The molecule has 0 saturated carbocycles. The van der Waals surface area contributed by atoms with Gasteiger partial charge >= 0.3 is 0 Å². The number of hydrogen-bond donors (Lipinski definition) is 0. The summed E-state index contributed by atoms with van der Waals surface area (Å²) in [6.45, 7) is 7.49. The molecular weight excluding hydrogens is 400 g/mol. The van der Waals surface area contributed by atoms with Crippen LogP contribution in [0.5, 0.6) is 0 Å². The maximum Gasteiger partial charge on any atom is 0.275 e. The molecule has 1 amide bonds. The summed E-state index contributed by atoms with van der Waals surface area (Å²) in [5, 5.41) is 0. The summed E-state index contributed by atoms with van der Waals surface area (Å²) in [6.07, 6.45) is 2.76. The van der Waals surface area contributed by atoms with Crippen LogP contribution in [0.3, 0.4) is 0 Å². The predicted octanol–water partition coefficient (Wildman–Crippen LogP) is 3.61. The Morgan fingerprint density at radius 1 is 0.812 bits per heavy atom. The smallest absolute Gasteiger partial charge is 0.275 e. The van der Waals surface area contributed by atoms with Gasteiger partial charge in [0.1, 0.15) is 5.52 Å². The lowest BCUT2D eigenvalue weighted by molar-refractivity contribution is -0.121. The molecule has 0 N–H and O–H groups in total. The van der Waals surface area contributed by atoms with Crippen molar-refractivity contribution in [3.05, 3.63) is 82.3 Å². The second kappa shape index (κ2) is 8.28. The SMILES string of the molecule is Cc1ccc(N2CCN(CCCn3c(=O)c4cccn4c4cc(C)ccc43)CC2=O)cc1. The van der Waals surface area contributed by atoms with Crippen molar-refractivity contribution in [3.8, 4) is 0 Å². The number of hydrogen-bond acceptors (Lipinski definition) is 3. The molecule has 0 radical (unpaired) electrons. The van der Waals surface area contributed by atoms with Crippen LogP contribution in [0, 0.1) is 13.8 Å². The van der Waals surface area contributed by atoms with Crippen molar-refractivity contribution in [1.82, 2.24) is 13.9 Å². The average molecular weight is 429 g/mol. The number of piperazine rings is 1. The van der Waals surface area contributed by atoms with Gasteiger partial charge in [-0.25, -0.2) is 0 Å². The van der Waals surface area contributed by atoms with Crippen molar-refractivity contribution in [3.63, 3.8) is 0 Å². The summed E-state index contributed by atoms with van der Waals surface area (Å²) in [7, 11) is 0. The number of rotatable bonds is 5. The zero-order chi connectivity index (χ0) is 22.2. The molecule has 0 atom stereocenters. The topological polar surface area (TPSA) is 50.0 Å². The Morgan fingerprint density at radius 2 is 1.59 bits per heavy atom. The first kappa shape index (κ1) is 20.5. The van der Waals surface area contributed by atoms with E-state index in [-0.39, 0.29) is 11.5 Å². The largest absolute Gasteiger partial charge is 0.310 e. The normalized spacial score (nSPS) is 15.2. The minimum Gasteiger partial charge on any atom is -0.310 e.